The van der Waals surface area contributed by atoms with Crippen molar-refractivity contribution in [1.82, 2.24) is 4.31 Å². The van der Waals surface area contributed by atoms with Crippen LogP contribution >= 0.6 is 11.6 Å². The van der Waals surface area contributed by atoms with Gasteiger partial charge in [0, 0.05) is 16.8 Å². The molecule has 2 aromatic rings. The molecule has 6 nitrogen and oxygen atoms in total. The Kier molecular flexibility index (Phi) is 7.75. The largest absolute Gasteiger partial charge is 0.494 e. The molecule has 0 heterocycles. The molecule has 1 fully saturated rings. The van der Waals surface area contributed by atoms with E-state index < -0.39 is 10.0 Å². The van der Waals surface area contributed by atoms with Crippen LogP contribution < -0.4 is 10.1 Å². The molecule has 162 valence electrons. The molecule has 0 saturated heterocycles. The minimum Gasteiger partial charge on any atom is -0.494 e. The van der Waals surface area contributed by atoms with Crippen LogP contribution in [0.1, 0.15) is 39.0 Å². The van der Waals surface area contributed by atoms with Gasteiger partial charge in [-0.25, -0.2) is 8.42 Å². The molecular formula is C22H27ClN2O4S. The van der Waals surface area contributed by atoms with Crippen LogP contribution in [0.15, 0.2) is 53.4 Å². The molecule has 0 aromatic heterocycles. The molecule has 30 heavy (non-hydrogen) atoms. The molecule has 3 rings (SSSR count). The van der Waals surface area contributed by atoms with Gasteiger partial charge in [0.1, 0.15) is 5.75 Å². The van der Waals surface area contributed by atoms with Gasteiger partial charge in [-0.3, -0.25) is 4.79 Å². The molecule has 0 atom stereocenters. The SMILES string of the molecule is CCOc1ccc(S(=O)(=O)N(CC(=O)Nc2ccc(Cl)cc2)C2CCCCC2)cc1. The molecule has 8 heteroatoms. The number of nitrogens with zero attached hydrogens (tertiary/aromatic N) is 1. The van der Waals surface area contributed by atoms with E-state index in [0.717, 1.165) is 32.1 Å². The zero-order valence-corrected chi connectivity index (χ0v) is 18.6. The van der Waals surface area contributed by atoms with E-state index in [1.165, 1.54) is 16.4 Å². The third-order valence-corrected chi connectivity index (χ3v) is 7.32. The fourth-order valence-electron chi connectivity index (χ4n) is 3.66. The van der Waals surface area contributed by atoms with Gasteiger partial charge in [0.25, 0.3) is 0 Å². The number of ether oxygens (including phenoxy) is 1. The highest BCUT2D eigenvalue weighted by Crippen LogP contribution is 2.28. The van der Waals surface area contributed by atoms with Gasteiger partial charge in [-0.05, 0) is 68.3 Å². The first-order valence-corrected chi connectivity index (χ1v) is 12.0. The Labute approximate surface area is 183 Å². The molecule has 0 radical (unpaired) electrons. The van der Waals surface area contributed by atoms with Crippen molar-refractivity contribution in [2.75, 3.05) is 18.5 Å². The highest BCUT2D eigenvalue weighted by Gasteiger charge is 2.34. The standard InChI is InChI=1S/C22H27ClN2O4S/c1-2-29-20-12-14-21(15-13-20)30(27,28)25(19-6-4-3-5-7-19)16-22(26)24-18-10-8-17(23)9-11-18/h8-15,19H,2-7,16H2,1H3,(H,24,26). The van der Waals surface area contributed by atoms with Crippen molar-refractivity contribution in [3.05, 3.63) is 53.6 Å². The Morgan fingerprint density at radius 3 is 2.30 bits per heavy atom. The number of halogens is 1. The number of carbonyl (C=O) groups is 1. The quantitative estimate of drug-likeness (QED) is 0.632. The lowest BCUT2D eigenvalue weighted by atomic mass is 9.95. The zero-order valence-electron chi connectivity index (χ0n) is 17.0. The summed E-state index contributed by atoms with van der Waals surface area (Å²) in [6.07, 6.45) is 4.51. The minimum absolute atomic E-state index is 0.163. The van der Waals surface area contributed by atoms with E-state index in [4.69, 9.17) is 16.3 Å². The monoisotopic (exact) mass is 450 g/mol. The van der Waals surface area contributed by atoms with Crippen molar-refractivity contribution in [3.63, 3.8) is 0 Å². The molecule has 1 N–H and O–H groups in total. The summed E-state index contributed by atoms with van der Waals surface area (Å²) in [5, 5.41) is 3.33. The van der Waals surface area contributed by atoms with Crippen LogP contribution in [0.2, 0.25) is 5.02 Å². The Balaban J connectivity index is 1.81. The maximum Gasteiger partial charge on any atom is 0.243 e. The summed E-state index contributed by atoms with van der Waals surface area (Å²) in [5.74, 6) is 0.235. The summed E-state index contributed by atoms with van der Waals surface area (Å²) in [4.78, 5) is 12.9. The molecule has 2 aromatic carbocycles. The normalized spacial score (nSPS) is 15.2. The maximum atomic E-state index is 13.4. The van der Waals surface area contributed by atoms with E-state index in [0.29, 0.717) is 23.1 Å². The van der Waals surface area contributed by atoms with Crippen molar-refractivity contribution in [2.45, 2.75) is 50.0 Å². The fourth-order valence-corrected chi connectivity index (χ4v) is 5.43. The van der Waals surface area contributed by atoms with Crippen LogP contribution in [0, 0.1) is 0 Å². The predicted molar refractivity (Wildman–Crippen MR) is 118 cm³/mol. The van der Waals surface area contributed by atoms with E-state index >= 15 is 0 Å². The third kappa shape index (κ3) is 5.74. The van der Waals surface area contributed by atoms with E-state index in [1.807, 2.05) is 6.92 Å². The highest BCUT2D eigenvalue weighted by atomic mass is 35.5. The average molecular weight is 451 g/mol. The van der Waals surface area contributed by atoms with Crippen LogP contribution in [-0.4, -0.2) is 37.8 Å². The number of nitrogens with one attached hydrogen (secondary N) is 1. The Morgan fingerprint density at radius 2 is 1.70 bits per heavy atom. The number of hydrogen-bond donors (Lipinski definition) is 1. The average Bonchev–Trinajstić information content (AvgIpc) is 2.75. The van der Waals surface area contributed by atoms with Crippen LogP contribution in [-0.2, 0) is 14.8 Å². The second kappa shape index (κ2) is 10.3. The molecule has 1 amide bonds. The number of carbonyl (C=O) groups excluding carboxylic acids is 1. The van der Waals surface area contributed by atoms with Gasteiger partial charge in [-0.15, -0.1) is 0 Å². The molecule has 0 bridgehead atoms. The van der Waals surface area contributed by atoms with Crippen LogP contribution in [0.3, 0.4) is 0 Å². The Bertz CT molecular complexity index is 940. The lowest BCUT2D eigenvalue weighted by Gasteiger charge is -2.33. The Hall–Kier alpha value is -2.09. The molecule has 1 aliphatic carbocycles. The van der Waals surface area contributed by atoms with Gasteiger partial charge in [0.05, 0.1) is 18.0 Å². The second-order valence-corrected chi connectivity index (χ2v) is 9.63. The second-order valence-electron chi connectivity index (χ2n) is 7.30. The third-order valence-electron chi connectivity index (χ3n) is 5.15. The van der Waals surface area contributed by atoms with E-state index in [1.54, 1.807) is 36.4 Å². The van der Waals surface area contributed by atoms with E-state index in [-0.39, 0.29) is 23.4 Å². The summed E-state index contributed by atoms with van der Waals surface area (Å²) < 4.78 is 33.6. The number of anilines is 1. The molecule has 0 unspecified atom stereocenters. The highest BCUT2D eigenvalue weighted by molar-refractivity contribution is 7.89. The first kappa shape index (κ1) is 22.6. The smallest absolute Gasteiger partial charge is 0.243 e. The summed E-state index contributed by atoms with van der Waals surface area (Å²) in [6.45, 7) is 2.14. The van der Waals surface area contributed by atoms with Gasteiger partial charge in [0.15, 0.2) is 0 Å². The summed E-state index contributed by atoms with van der Waals surface area (Å²) in [7, 11) is -3.83. The van der Waals surface area contributed by atoms with E-state index in [2.05, 4.69) is 5.32 Å². The molecule has 1 aliphatic rings. The van der Waals surface area contributed by atoms with Gasteiger partial charge < -0.3 is 10.1 Å². The number of amides is 1. The zero-order chi connectivity index (χ0) is 21.6. The van der Waals surface area contributed by atoms with Gasteiger partial charge in [-0.2, -0.15) is 4.31 Å². The molecular weight excluding hydrogens is 424 g/mol. The van der Waals surface area contributed by atoms with Gasteiger partial charge in [0.2, 0.25) is 15.9 Å². The number of benzene rings is 2. The summed E-state index contributed by atoms with van der Waals surface area (Å²) in [6, 6.07) is 12.9. The van der Waals surface area contributed by atoms with Crippen molar-refractivity contribution in [2.24, 2.45) is 0 Å². The summed E-state index contributed by atoms with van der Waals surface area (Å²) >= 11 is 5.88. The van der Waals surface area contributed by atoms with Crippen LogP contribution in [0.5, 0.6) is 5.75 Å². The lowest BCUT2D eigenvalue weighted by molar-refractivity contribution is -0.116. The van der Waals surface area contributed by atoms with Crippen LogP contribution in [0.4, 0.5) is 5.69 Å². The predicted octanol–water partition coefficient (Wildman–Crippen LogP) is 4.70. The number of rotatable bonds is 8. The topological polar surface area (TPSA) is 75.7 Å². The fraction of sp³-hybridized carbons (Fsp3) is 0.409. The number of sulfonamides is 1. The number of hydrogen-bond acceptors (Lipinski definition) is 4. The molecule has 1 saturated carbocycles. The van der Waals surface area contributed by atoms with Gasteiger partial charge in [-0.1, -0.05) is 30.9 Å². The van der Waals surface area contributed by atoms with E-state index in [9.17, 15) is 13.2 Å². The van der Waals surface area contributed by atoms with Crippen molar-refractivity contribution < 1.29 is 17.9 Å². The van der Waals surface area contributed by atoms with Gasteiger partial charge >= 0.3 is 0 Å². The van der Waals surface area contributed by atoms with Crippen molar-refractivity contribution >= 4 is 33.2 Å². The first-order chi connectivity index (χ1) is 14.4. The lowest BCUT2D eigenvalue weighted by Crippen LogP contribution is -2.45. The van der Waals surface area contributed by atoms with Crippen LogP contribution in [0.25, 0.3) is 0 Å². The van der Waals surface area contributed by atoms with Crippen molar-refractivity contribution in [3.8, 4) is 5.75 Å². The minimum atomic E-state index is -3.83. The molecule has 0 aliphatic heterocycles. The molecule has 0 spiro atoms. The maximum absolute atomic E-state index is 13.4. The Morgan fingerprint density at radius 1 is 1.07 bits per heavy atom. The summed E-state index contributed by atoms with van der Waals surface area (Å²) in [5.41, 5.74) is 0.575. The van der Waals surface area contributed by atoms with Crippen molar-refractivity contribution in [1.29, 1.82) is 0 Å². The first-order valence-electron chi connectivity index (χ1n) is 10.2.